The average Bonchev–Trinajstić information content (AvgIpc) is 3.17. The third kappa shape index (κ3) is 5.16. The topological polar surface area (TPSA) is 24.3 Å². The van der Waals surface area contributed by atoms with Crippen LogP contribution in [0.15, 0.2) is 78.9 Å². The van der Waals surface area contributed by atoms with E-state index in [1.54, 1.807) is 6.07 Å². The lowest BCUT2D eigenvalue weighted by molar-refractivity contribution is -0.137. The van der Waals surface area contributed by atoms with E-state index >= 15 is 0 Å². The van der Waals surface area contributed by atoms with Gasteiger partial charge >= 0.3 is 6.18 Å². The van der Waals surface area contributed by atoms with Gasteiger partial charge in [-0.05, 0) is 29.3 Å². The van der Waals surface area contributed by atoms with Gasteiger partial charge in [-0.2, -0.15) is 13.2 Å². The van der Waals surface area contributed by atoms with Crippen molar-refractivity contribution in [3.05, 3.63) is 101 Å². The molecule has 0 bridgehead atoms. The second kappa shape index (κ2) is 9.60. The van der Waals surface area contributed by atoms with Crippen LogP contribution < -0.4 is 0 Å². The minimum Gasteiger partial charge on any atom is -0.322 e. The summed E-state index contributed by atoms with van der Waals surface area (Å²) in [4.78, 5) is 9.53. The molecule has 7 heteroatoms. The highest BCUT2D eigenvalue weighted by Gasteiger charge is 2.30. The third-order valence-electron chi connectivity index (χ3n) is 6.41. The second-order valence-corrected chi connectivity index (χ2v) is 8.84. The lowest BCUT2D eigenvalue weighted by Crippen LogP contribution is -2.45. The van der Waals surface area contributed by atoms with E-state index in [1.807, 2.05) is 24.3 Å². The van der Waals surface area contributed by atoms with Gasteiger partial charge < -0.3 is 4.57 Å². The molecule has 1 saturated heterocycles. The van der Waals surface area contributed by atoms with Crippen molar-refractivity contribution in [2.24, 2.45) is 0 Å². The molecule has 1 aromatic heterocycles. The lowest BCUT2D eigenvalue weighted by atomic mass is 10.1. The Hall–Kier alpha value is -3.16. The van der Waals surface area contributed by atoms with E-state index in [0.717, 1.165) is 62.2 Å². The largest absolute Gasteiger partial charge is 0.416 e. The van der Waals surface area contributed by atoms with E-state index in [0.29, 0.717) is 12.1 Å². The second-order valence-electron chi connectivity index (χ2n) is 8.84. The average molecular weight is 465 g/mol. The molecule has 0 spiro atoms. The number of fused-ring (bicyclic) bond motifs is 1. The van der Waals surface area contributed by atoms with E-state index in [-0.39, 0.29) is 0 Å². The molecule has 0 N–H and O–H groups in total. The first-order chi connectivity index (χ1) is 16.5. The van der Waals surface area contributed by atoms with Gasteiger partial charge in [-0.3, -0.25) is 9.80 Å². The Morgan fingerprint density at radius 1 is 0.676 bits per heavy atom. The number of rotatable bonds is 6. The summed E-state index contributed by atoms with van der Waals surface area (Å²) in [7, 11) is 0. The maximum atomic E-state index is 13.0. The van der Waals surface area contributed by atoms with Crippen molar-refractivity contribution in [3.8, 4) is 0 Å². The van der Waals surface area contributed by atoms with Crippen molar-refractivity contribution < 1.29 is 13.2 Å². The molecule has 4 nitrogen and oxygen atoms in total. The minimum atomic E-state index is -4.31. The van der Waals surface area contributed by atoms with Crippen LogP contribution >= 0.6 is 0 Å². The fourth-order valence-electron chi connectivity index (χ4n) is 4.60. The Morgan fingerprint density at radius 3 is 2.06 bits per heavy atom. The summed E-state index contributed by atoms with van der Waals surface area (Å²) in [6.45, 7) is 5.39. The Morgan fingerprint density at radius 2 is 1.32 bits per heavy atom. The van der Waals surface area contributed by atoms with Crippen LogP contribution in [0.1, 0.15) is 22.5 Å². The number of alkyl halides is 3. The molecule has 1 fully saturated rings. The fraction of sp³-hybridized carbons (Fsp3) is 0.296. The molecular formula is C27H27F3N4. The van der Waals surface area contributed by atoms with E-state index in [4.69, 9.17) is 4.98 Å². The lowest BCUT2D eigenvalue weighted by Gasteiger charge is -2.34. The first-order valence-electron chi connectivity index (χ1n) is 11.5. The highest BCUT2D eigenvalue weighted by atomic mass is 19.4. The highest BCUT2D eigenvalue weighted by molar-refractivity contribution is 5.76. The molecule has 176 valence electrons. The summed E-state index contributed by atoms with van der Waals surface area (Å²) in [5.74, 6) is 1.04. The number of para-hydroxylation sites is 2. The van der Waals surface area contributed by atoms with Crippen molar-refractivity contribution in [1.82, 2.24) is 19.4 Å². The van der Waals surface area contributed by atoms with Gasteiger partial charge in [0.25, 0.3) is 0 Å². The molecule has 34 heavy (non-hydrogen) atoms. The van der Waals surface area contributed by atoms with Crippen molar-refractivity contribution in [3.63, 3.8) is 0 Å². The molecule has 3 aromatic carbocycles. The van der Waals surface area contributed by atoms with Crippen LogP contribution in [0.4, 0.5) is 13.2 Å². The Bertz CT molecular complexity index is 1240. The van der Waals surface area contributed by atoms with Gasteiger partial charge in [0.1, 0.15) is 5.82 Å². The number of hydrogen-bond donors (Lipinski definition) is 0. The van der Waals surface area contributed by atoms with Gasteiger partial charge in [0.15, 0.2) is 0 Å². The van der Waals surface area contributed by atoms with Gasteiger partial charge in [0.05, 0.1) is 23.1 Å². The van der Waals surface area contributed by atoms with Crippen molar-refractivity contribution >= 4 is 11.0 Å². The highest BCUT2D eigenvalue weighted by Crippen LogP contribution is 2.30. The van der Waals surface area contributed by atoms with Crippen molar-refractivity contribution in [1.29, 1.82) is 0 Å². The van der Waals surface area contributed by atoms with E-state index in [2.05, 4.69) is 44.7 Å². The monoisotopic (exact) mass is 464 g/mol. The predicted molar refractivity (Wildman–Crippen MR) is 127 cm³/mol. The number of halogens is 3. The Balaban J connectivity index is 1.25. The molecule has 0 aliphatic carbocycles. The van der Waals surface area contributed by atoms with Crippen LogP contribution in [-0.4, -0.2) is 45.5 Å². The van der Waals surface area contributed by atoms with Crippen molar-refractivity contribution in [2.75, 3.05) is 26.2 Å². The van der Waals surface area contributed by atoms with Crippen LogP contribution in [0.5, 0.6) is 0 Å². The number of nitrogens with zero attached hydrogens (tertiary/aromatic N) is 4. The molecule has 0 unspecified atom stereocenters. The van der Waals surface area contributed by atoms with E-state index in [1.165, 1.54) is 17.7 Å². The maximum absolute atomic E-state index is 13.0. The summed E-state index contributed by atoms with van der Waals surface area (Å²) in [5.41, 5.74) is 3.48. The molecule has 4 aromatic rings. The molecule has 5 rings (SSSR count). The number of imidazole rings is 1. The van der Waals surface area contributed by atoms with Gasteiger partial charge in [-0.1, -0.05) is 60.7 Å². The normalized spacial score (nSPS) is 15.7. The van der Waals surface area contributed by atoms with Gasteiger partial charge in [-0.25, -0.2) is 4.98 Å². The molecule has 0 amide bonds. The fourth-order valence-corrected chi connectivity index (χ4v) is 4.60. The number of piperazine rings is 1. The van der Waals surface area contributed by atoms with E-state index < -0.39 is 11.7 Å². The third-order valence-corrected chi connectivity index (χ3v) is 6.41. The zero-order valence-electron chi connectivity index (χ0n) is 18.9. The summed E-state index contributed by atoms with van der Waals surface area (Å²) in [6, 6.07) is 24.3. The number of benzene rings is 3. The number of hydrogen-bond acceptors (Lipinski definition) is 3. The smallest absolute Gasteiger partial charge is 0.322 e. The summed E-state index contributed by atoms with van der Waals surface area (Å²) < 4.78 is 41.4. The molecule has 0 radical (unpaired) electrons. The Kier molecular flexibility index (Phi) is 6.39. The molecule has 0 atom stereocenters. The van der Waals surface area contributed by atoms with Gasteiger partial charge in [0, 0.05) is 39.3 Å². The van der Waals surface area contributed by atoms with Crippen LogP contribution in [-0.2, 0) is 25.8 Å². The van der Waals surface area contributed by atoms with Crippen LogP contribution in [0.3, 0.4) is 0 Å². The standard InChI is InChI=1S/C27H27F3N4/c28-27(29,30)23-10-6-9-22(17-23)18-32-13-15-33(16-14-32)20-26-31-24-11-4-5-12-25(24)34(26)19-21-7-2-1-3-8-21/h1-12,17H,13-16,18-20H2. The SMILES string of the molecule is FC(F)(F)c1cccc(CN2CCN(Cc3nc4ccccc4n3Cc3ccccc3)CC2)c1. The summed E-state index contributed by atoms with van der Waals surface area (Å²) in [6.07, 6.45) is -4.31. The molecule has 1 aliphatic rings. The van der Waals surface area contributed by atoms with Crippen LogP contribution in [0.2, 0.25) is 0 Å². The first kappa shape index (κ1) is 22.6. The zero-order valence-corrected chi connectivity index (χ0v) is 18.9. The van der Waals surface area contributed by atoms with Crippen LogP contribution in [0, 0.1) is 0 Å². The molecule has 0 saturated carbocycles. The van der Waals surface area contributed by atoms with Crippen LogP contribution in [0.25, 0.3) is 11.0 Å². The molecule has 1 aliphatic heterocycles. The zero-order chi connectivity index (χ0) is 23.5. The minimum absolute atomic E-state index is 0.532. The Labute approximate surface area is 197 Å². The quantitative estimate of drug-likeness (QED) is 0.381. The first-order valence-corrected chi connectivity index (χ1v) is 11.5. The van der Waals surface area contributed by atoms with Gasteiger partial charge in [-0.15, -0.1) is 0 Å². The maximum Gasteiger partial charge on any atom is 0.416 e. The molecular weight excluding hydrogens is 437 g/mol. The van der Waals surface area contributed by atoms with E-state index in [9.17, 15) is 13.2 Å². The summed E-state index contributed by atoms with van der Waals surface area (Å²) >= 11 is 0. The predicted octanol–water partition coefficient (Wildman–Crippen LogP) is 5.42. The summed E-state index contributed by atoms with van der Waals surface area (Å²) in [5, 5.41) is 0. The van der Waals surface area contributed by atoms with Gasteiger partial charge in [0.2, 0.25) is 0 Å². The van der Waals surface area contributed by atoms with Crippen molar-refractivity contribution in [2.45, 2.75) is 25.8 Å². The molecule has 2 heterocycles. The number of aromatic nitrogens is 2.